The standard InChI is InChI=1S/C14H19NO2S/c16-18(17)11-5-9-14(18)12-15-10-4-8-13-6-2-1-3-7-13/h1-4,6-8,14-15H,5,9-12H2/b8-4+. The van der Waals surface area contributed by atoms with Crippen LogP contribution in [0.25, 0.3) is 6.08 Å². The van der Waals surface area contributed by atoms with Crippen LogP contribution in [0.3, 0.4) is 0 Å². The van der Waals surface area contributed by atoms with E-state index < -0.39 is 9.84 Å². The van der Waals surface area contributed by atoms with Gasteiger partial charge in [0, 0.05) is 13.1 Å². The molecule has 2 rings (SSSR count). The average molecular weight is 265 g/mol. The second kappa shape index (κ2) is 6.16. The summed E-state index contributed by atoms with van der Waals surface area (Å²) < 4.78 is 23.2. The van der Waals surface area contributed by atoms with E-state index in [9.17, 15) is 8.42 Å². The number of sulfone groups is 1. The Bertz CT molecular complexity index is 494. The quantitative estimate of drug-likeness (QED) is 0.827. The molecule has 4 heteroatoms. The molecule has 0 aliphatic carbocycles. The van der Waals surface area contributed by atoms with E-state index in [2.05, 4.69) is 5.32 Å². The molecule has 1 heterocycles. The lowest BCUT2D eigenvalue weighted by Crippen LogP contribution is -2.30. The molecule has 0 radical (unpaired) electrons. The first-order chi connectivity index (χ1) is 8.68. The molecule has 0 bridgehead atoms. The van der Waals surface area contributed by atoms with E-state index in [0.29, 0.717) is 18.8 Å². The van der Waals surface area contributed by atoms with E-state index in [1.165, 1.54) is 0 Å². The summed E-state index contributed by atoms with van der Waals surface area (Å²) in [5, 5.41) is 3.01. The van der Waals surface area contributed by atoms with Gasteiger partial charge in [0.05, 0.1) is 11.0 Å². The summed E-state index contributed by atoms with van der Waals surface area (Å²) in [5.74, 6) is 0.360. The van der Waals surface area contributed by atoms with Crippen LogP contribution in [0, 0.1) is 0 Å². The second-order valence-corrected chi connectivity index (χ2v) is 7.00. The lowest BCUT2D eigenvalue weighted by atomic mass is 10.2. The van der Waals surface area contributed by atoms with Crippen LogP contribution in [0.5, 0.6) is 0 Å². The molecule has 1 saturated heterocycles. The van der Waals surface area contributed by atoms with Gasteiger partial charge in [-0.05, 0) is 18.4 Å². The van der Waals surface area contributed by atoms with Crippen molar-refractivity contribution in [3.63, 3.8) is 0 Å². The van der Waals surface area contributed by atoms with E-state index in [-0.39, 0.29) is 5.25 Å². The normalized spacial score (nSPS) is 22.6. The molecule has 98 valence electrons. The summed E-state index contributed by atoms with van der Waals surface area (Å²) in [4.78, 5) is 0. The molecule has 18 heavy (non-hydrogen) atoms. The third-order valence-corrected chi connectivity index (χ3v) is 5.48. The summed E-state index contributed by atoms with van der Waals surface area (Å²) in [5.41, 5.74) is 1.16. The third-order valence-electron chi connectivity index (χ3n) is 3.21. The highest BCUT2D eigenvalue weighted by Crippen LogP contribution is 2.18. The van der Waals surface area contributed by atoms with Gasteiger partial charge in [-0.15, -0.1) is 0 Å². The number of nitrogens with one attached hydrogen (secondary N) is 1. The highest BCUT2D eigenvalue weighted by molar-refractivity contribution is 7.92. The average Bonchev–Trinajstić information content (AvgIpc) is 2.70. The van der Waals surface area contributed by atoms with Crippen molar-refractivity contribution >= 4 is 15.9 Å². The molecule has 1 aliphatic heterocycles. The highest BCUT2D eigenvalue weighted by atomic mass is 32.2. The fraction of sp³-hybridized carbons (Fsp3) is 0.429. The van der Waals surface area contributed by atoms with Crippen LogP contribution in [0.15, 0.2) is 36.4 Å². The van der Waals surface area contributed by atoms with Crippen LogP contribution in [-0.4, -0.2) is 32.5 Å². The van der Waals surface area contributed by atoms with Gasteiger partial charge in [-0.2, -0.15) is 0 Å². The number of hydrogen-bond donors (Lipinski definition) is 1. The summed E-state index contributed by atoms with van der Waals surface area (Å²) >= 11 is 0. The maximum absolute atomic E-state index is 11.6. The van der Waals surface area contributed by atoms with Gasteiger partial charge >= 0.3 is 0 Å². The maximum Gasteiger partial charge on any atom is 0.154 e. The monoisotopic (exact) mass is 265 g/mol. The van der Waals surface area contributed by atoms with Crippen molar-refractivity contribution in [2.24, 2.45) is 0 Å². The van der Waals surface area contributed by atoms with Gasteiger partial charge in [-0.25, -0.2) is 8.42 Å². The Morgan fingerprint density at radius 3 is 2.72 bits per heavy atom. The predicted molar refractivity (Wildman–Crippen MR) is 75.2 cm³/mol. The largest absolute Gasteiger partial charge is 0.312 e. The Morgan fingerprint density at radius 1 is 1.28 bits per heavy atom. The third kappa shape index (κ3) is 3.68. The minimum Gasteiger partial charge on any atom is -0.312 e. The van der Waals surface area contributed by atoms with E-state index in [1.807, 2.05) is 42.5 Å². The Morgan fingerprint density at radius 2 is 2.06 bits per heavy atom. The van der Waals surface area contributed by atoms with E-state index in [0.717, 1.165) is 18.4 Å². The molecular formula is C14H19NO2S. The molecule has 0 spiro atoms. The molecule has 0 saturated carbocycles. The summed E-state index contributed by atoms with van der Waals surface area (Å²) in [6, 6.07) is 10.1. The van der Waals surface area contributed by atoms with Crippen molar-refractivity contribution in [1.82, 2.24) is 5.32 Å². The molecule has 1 aliphatic rings. The van der Waals surface area contributed by atoms with Crippen LogP contribution in [0.4, 0.5) is 0 Å². The first-order valence-corrected chi connectivity index (χ1v) is 8.04. The van der Waals surface area contributed by atoms with E-state index in [4.69, 9.17) is 0 Å². The minimum atomic E-state index is -2.81. The summed E-state index contributed by atoms with van der Waals surface area (Å²) in [7, 11) is -2.81. The van der Waals surface area contributed by atoms with Gasteiger partial charge in [0.1, 0.15) is 0 Å². The molecule has 1 fully saturated rings. The molecule has 0 amide bonds. The lowest BCUT2D eigenvalue weighted by Gasteiger charge is -2.08. The summed E-state index contributed by atoms with van der Waals surface area (Å²) in [6.07, 6.45) is 5.68. The first kappa shape index (κ1) is 13.3. The zero-order valence-electron chi connectivity index (χ0n) is 10.4. The Balaban J connectivity index is 1.72. The topological polar surface area (TPSA) is 46.2 Å². The van der Waals surface area contributed by atoms with Crippen LogP contribution in [0.1, 0.15) is 18.4 Å². The maximum atomic E-state index is 11.6. The van der Waals surface area contributed by atoms with Gasteiger partial charge in [0.2, 0.25) is 0 Å². The number of rotatable bonds is 5. The predicted octanol–water partition coefficient (Wildman–Crippen LogP) is 1.87. The molecule has 1 unspecified atom stereocenters. The van der Waals surface area contributed by atoms with Crippen LogP contribution >= 0.6 is 0 Å². The molecule has 1 atom stereocenters. The lowest BCUT2D eigenvalue weighted by molar-refractivity contribution is 0.580. The number of benzene rings is 1. The fourth-order valence-corrected chi connectivity index (χ4v) is 3.97. The highest BCUT2D eigenvalue weighted by Gasteiger charge is 2.30. The van der Waals surface area contributed by atoms with Gasteiger partial charge in [0.15, 0.2) is 9.84 Å². The zero-order valence-corrected chi connectivity index (χ0v) is 11.2. The molecule has 3 nitrogen and oxygen atoms in total. The molecule has 1 N–H and O–H groups in total. The Hall–Kier alpha value is -1.13. The summed E-state index contributed by atoms with van der Waals surface area (Å²) in [6.45, 7) is 1.28. The SMILES string of the molecule is O=S1(=O)CCCC1CNC/C=C/c1ccccc1. The van der Waals surface area contributed by atoms with Crippen molar-refractivity contribution in [2.45, 2.75) is 18.1 Å². The second-order valence-electron chi connectivity index (χ2n) is 4.60. The molecule has 1 aromatic carbocycles. The van der Waals surface area contributed by atoms with Crippen LogP contribution in [0.2, 0.25) is 0 Å². The Labute approximate surface area is 109 Å². The van der Waals surface area contributed by atoms with Crippen molar-refractivity contribution in [3.05, 3.63) is 42.0 Å². The fourth-order valence-electron chi connectivity index (χ4n) is 2.17. The van der Waals surface area contributed by atoms with Crippen molar-refractivity contribution < 1.29 is 8.42 Å². The minimum absolute atomic E-state index is 0.178. The zero-order chi connectivity index (χ0) is 12.8. The first-order valence-electron chi connectivity index (χ1n) is 6.32. The van der Waals surface area contributed by atoms with Crippen molar-refractivity contribution in [3.8, 4) is 0 Å². The van der Waals surface area contributed by atoms with E-state index in [1.54, 1.807) is 0 Å². The molecular weight excluding hydrogens is 246 g/mol. The molecule has 1 aromatic rings. The van der Waals surface area contributed by atoms with Crippen molar-refractivity contribution in [1.29, 1.82) is 0 Å². The van der Waals surface area contributed by atoms with Crippen LogP contribution < -0.4 is 5.32 Å². The van der Waals surface area contributed by atoms with Gasteiger partial charge in [-0.1, -0.05) is 42.5 Å². The van der Waals surface area contributed by atoms with Gasteiger partial charge in [0.25, 0.3) is 0 Å². The van der Waals surface area contributed by atoms with E-state index >= 15 is 0 Å². The van der Waals surface area contributed by atoms with Crippen molar-refractivity contribution in [2.75, 3.05) is 18.8 Å². The van der Waals surface area contributed by atoms with Gasteiger partial charge < -0.3 is 5.32 Å². The molecule has 0 aromatic heterocycles. The number of hydrogen-bond acceptors (Lipinski definition) is 3. The Kier molecular flexibility index (Phi) is 4.55. The van der Waals surface area contributed by atoms with Crippen LogP contribution in [-0.2, 0) is 9.84 Å². The van der Waals surface area contributed by atoms with Gasteiger partial charge in [-0.3, -0.25) is 0 Å². The smallest absolute Gasteiger partial charge is 0.154 e.